The SMILES string of the molecule is CCCCCCCCCCCCCC/C=C\CCCCCCCCCCCCCCCCC(O)C(=O)NC(COC1OC(CO)C(O)C(O)C1O)C(O)C(O)CCCCCCCCCCCC. The van der Waals surface area contributed by atoms with Gasteiger partial charge >= 0.3 is 0 Å². The molecule has 0 radical (unpaired) electrons. The lowest BCUT2D eigenvalue weighted by Gasteiger charge is -2.40. The monoisotopic (exact) mass is 956 g/mol. The lowest BCUT2D eigenvalue weighted by Crippen LogP contribution is -2.60. The Kier molecular flexibility index (Phi) is 43.8. The van der Waals surface area contributed by atoms with Crippen LogP contribution in [0.1, 0.15) is 271 Å². The van der Waals surface area contributed by atoms with Crippen LogP contribution in [0.2, 0.25) is 0 Å². The molecule has 1 amide bonds. The van der Waals surface area contributed by atoms with Gasteiger partial charge in [-0.25, -0.2) is 0 Å². The highest BCUT2D eigenvalue weighted by Crippen LogP contribution is 2.23. The number of carbonyl (C=O) groups is 1. The van der Waals surface area contributed by atoms with Crippen molar-refractivity contribution in [2.45, 2.75) is 326 Å². The average molecular weight is 956 g/mol. The summed E-state index contributed by atoms with van der Waals surface area (Å²) in [6.07, 6.45) is 41.5. The molecule has 67 heavy (non-hydrogen) atoms. The third-order valence-corrected chi connectivity index (χ3v) is 14.1. The Hall–Kier alpha value is -1.15. The maximum Gasteiger partial charge on any atom is 0.249 e. The van der Waals surface area contributed by atoms with Crippen LogP contribution in [0, 0.1) is 0 Å². The van der Waals surface area contributed by atoms with E-state index >= 15 is 0 Å². The van der Waals surface area contributed by atoms with Crippen molar-refractivity contribution < 1.29 is 50.0 Å². The van der Waals surface area contributed by atoms with Gasteiger partial charge in [0, 0.05) is 0 Å². The maximum atomic E-state index is 13.1. The lowest BCUT2D eigenvalue weighted by atomic mass is 9.98. The van der Waals surface area contributed by atoms with E-state index in [1.807, 2.05) is 0 Å². The van der Waals surface area contributed by atoms with Gasteiger partial charge < -0.3 is 50.5 Å². The summed E-state index contributed by atoms with van der Waals surface area (Å²) in [6.45, 7) is 3.45. The zero-order chi connectivity index (χ0) is 49.0. The van der Waals surface area contributed by atoms with Crippen LogP contribution < -0.4 is 5.32 Å². The van der Waals surface area contributed by atoms with Crippen molar-refractivity contribution in [1.29, 1.82) is 0 Å². The first-order valence-electron chi connectivity index (χ1n) is 28.6. The van der Waals surface area contributed by atoms with Crippen LogP contribution in [0.5, 0.6) is 0 Å². The normalized spacial score (nSPS) is 20.6. The topological polar surface area (TPSA) is 189 Å². The molecule has 9 unspecified atom stereocenters. The van der Waals surface area contributed by atoms with E-state index in [0.717, 1.165) is 38.5 Å². The molecule has 0 spiro atoms. The molecule has 398 valence electrons. The van der Waals surface area contributed by atoms with Gasteiger partial charge in [-0.3, -0.25) is 4.79 Å². The lowest BCUT2D eigenvalue weighted by molar-refractivity contribution is -0.303. The molecule has 8 N–H and O–H groups in total. The number of rotatable bonds is 49. The minimum absolute atomic E-state index is 0.263. The highest BCUT2D eigenvalue weighted by molar-refractivity contribution is 5.80. The van der Waals surface area contributed by atoms with Gasteiger partial charge in [0.25, 0.3) is 0 Å². The van der Waals surface area contributed by atoms with Gasteiger partial charge in [-0.15, -0.1) is 0 Å². The van der Waals surface area contributed by atoms with Crippen molar-refractivity contribution in [3.8, 4) is 0 Å². The molecular weight excluding hydrogens is 847 g/mol. The van der Waals surface area contributed by atoms with E-state index in [-0.39, 0.29) is 6.42 Å². The first kappa shape index (κ1) is 63.9. The Morgan fingerprint density at radius 3 is 1.25 bits per heavy atom. The van der Waals surface area contributed by atoms with E-state index in [4.69, 9.17) is 9.47 Å². The average Bonchev–Trinajstić information content (AvgIpc) is 3.33. The van der Waals surface area contributed by atoms with Crippen LogP contribution in [0.4, 0.5) is 0 Å². The fourth-order valence-electron chi connectivity index (χ4n) is 9.38. The number of ether oxygens (including phenoxy) is 2. The second-order valence-electron chi connectivity index (χ2n) is 20.4. The van der Waals surface area contributed by atoms with Crippen molar-refractivity contribution in [3.05, 3.63) is 12.2 Å². The predicted octanol–water partition coefficient (Wildman–Crippen LogP) is 11.6. The first-order valence-corrected chi connectivity index (χ1v) is 28.6. The molecule has 9 atom stereocenters. The van der Waals surface area contributed by atoms with Gasteiger partial charge in [0.2, 0.25) is 5.91 Å². The zero-order valence-corrected chi connectivity index (χ0v) is 43.4. The summed E-state index contributed by atoms with van der Waals surface area (Å²) in [5, 5.41) is 75.8. The van der Waals surface area contributed by atoms with E-state index in [1.165, 1.54) is 193 Å². The molecule has 0 aromatic heterocycles. The van der Waals surface area contributed by atoms with E-state index in [0.29, 0.717) is 19.3 Å². The molecule has 11 heteroatoms. The third kappa shape index (κ3) is 34.8. The second-order valence-corrected chi connectivity index (χ2v) is 20.4. The molecular formula is C56H109NO10. The van der Waals surface area contributed by atoms with Crippen LogP contribution >= 0.6 is 0 Å². The van der Waals surface area contributed by atoms with Crippen molar-refractivity contribution in [1.82, 2.24) is 5.32 Å². The number of hydrogen-bond donors (Lipinski definition) is 8. The third-order valence-electron chi connectivity index (χ3n) is 14.1. The Bertz CT molecular complexity index is 1100. The molecule has 0 bridgehead atoms. The molecule has 1 rings (SSSR count). The highest BCUT2D eigenvalue weighted by atomic mass is 16.7. The molecule has 1 heterocycles. The van der Waals surface area contributed by atoms with Crippen LogP contribution in [-0.4, -0.2) is 110 Å². The summed E-state index contributed by atoms with van der Waals surface area (Å²) in [4.78, 5) is 13.1. The molecule has 0 aliphatic carbocycles. The van der Waals surface area contributed by atoms with E-state index in [2.05, 4.69) is 31.3 Å². The van der Waals surface area contributed by atoms with Gasteiger partial charge in [-0.2, -0.15) is 0 Å². The fourth-order valence-corrected chi connectivity index (χ4v) is 9.38. The molecule has 0 aromatic carbocycles. The highest BCUT2D eigenvalue weighted by Gasteiger charge is 2.44. The number of allylic oxidation sites excluding steroid dienone is 2. The van der Waals surface area contributed by atoms with E-state index in [9.17, 15) is 40.5 Å². The number of aliphatic hydroxyl groups is 7. The summed E-state index contributed by atoms with van der Waals surface area (Å²) < 4.78 is 11.1. The summed E-state index contributed by atoms with van der Waals surface area (Å²) in [5.41, 5.74) is 0. The maximum absolute atomic E-state index is 13.1. The Morgan fingerprint density at radius 2 is 0.866 bits per heavy atom. The van der Waals surface area contributed by atoms with Crippen molar-refractivity contribution in [2.75, 3.05) is 13.2 Å². The van der Waals surface area contributed by atoms with Crippen LogP contribution in [-0.2, 0) is 14.3 Å². The van der Waals surface area contributed by atoms with Crippen LogP contribution in [0.15, 0.2) is 12.2 Å². The Labute approximate surface area is 411 Å². The number of carbonyl (C=O) groups excluding carboxylic acids is 1. The predicted molar refractivity (Wildman–Crippen MR) is 275 cm³/mol. The van der Waals surface area contributed by atoms with E-state index < -0.39 is 74.2 Å². The smallest absolute Gasteiger partial charge is 0.249 e. The minimum atomic E-state index is -1.66. The molecule has 1 saturated heterocycles. The number of aliphatic hydroxyl groups excluding tert-OH is 7. The van der Waals surface area contributed by atoms with Gasteiger partial charge in [-0.1, -0.05) is 244 Å². The van der Waals surface area contributed by atoms with Crippen molar-refractivity contribution in [2.24, 2.45) is 0 Å². The summed E-state index contributed by atoms with van der Waals surface area (Å²) in [6, 6.07) is -1.16. The zero-order valence-electron chi connectivity index (χ0n) is 43.4. The quantitative estimate of drug-likeness (QED) is 0.0215. The van der Waals surface area contributed by atoms with Gasteiger partial charge in [0.1, 0.15) is 36.6 Å². The van der Waals surface area contributed by atoms with Gasteiger partial charge in [0.15, 0.2) is 6.29 Å². The fraction of sp³-hybridized carbons (Fsp3) is 0.946. The van der Waals surface area contributed by atoms with Gasteiger partial charge in [-0.05, 0) is 38.5 Å². The minimum Gasteiger partial charge on any atom is -0.394 e. The molecule has 0 aromatic rings. The van der Waals surface area contributed by atoms with Crippen LogP contribution in [0.3, 0.4) is 0 Å². The van der Waals surface area contributed by atoms with Gasteiger partial charge in [0.05, 0.1) is 25.4 Å². The molecule has 0 saturated carbocycles. The van der Waals surface area contributed by atoms with Crippen molar-refractivity contribution in [3.63, 3.8) is 0 Å². The number of unbranched alkanes of at least 4 members (excludes halogenated alkanes) is 35. The Morgan fingerprint density at radius 1 is 0.507 bits per heavy atom. The second kappa shape index (κ2) is 46.0. The Balaban J connectivity index is 2.19. The number of hydrogen-bond acceptors (Lipinski definition) is 10. The largest absolute Gasteiger partial charge is 0.394 e. The molecule has 11 nitrogen and oxygen atoms in total. The molecule has 1 aliphatic rings. The summed E-state index contributed by atoms with van der Waals surface area (Å²) in [5.74, 6) is -0.694. The molecule has 1 fully saturated rings. The first-order chi connectivity index (χ1) is 32.7. The van der Waals surface area contributed by atoms with Crippen molar-refractivity contribution >= 4 is 5.91 Å². The molecule has 1 aliphatic heterocycles. The number of amides is 1. The van der Waals surface area contributed by atoms with Crippen LogP contribution in [0.25, 0.3) is 0 Å². The summed E-state index contributed by atoms with van der Waals surface area (Å²) >= 11 is 0. The number of nitrogens with one attached hydrogen (secondary N) is 1. The summed E-state index contributed by atoms with van der Waals surface area (Å²) in [7, 11) is 0. The standard InChI is InChI=1S/C56H109NO10/c1-3-5-7-9-11-13-15-16-17-18-19-20-21-22-23-24-25-26-27-28-29-30-31-32-33-34-36-38-40-42-44-49(60)55(65)57-47(46-66-56-54(64)53(63)52(62)50(45-58)67-56)51(61)48(59)43-41-39-37-35-14-12-10-8-6-4-2/h22-23,47-54,56,58-64H,3-21,24-46H2,1-2H3,(H,57,65)/b23-22-. The van der Waals surface area contributed by atoms with E-state index in [1.54, 1.807) is 0 Å².